The van der Waals surface area contributed by atoms with E-state index in [4.69, 9.17) is 16.3 Å². The summed E-state index contributed by atoms with van der Waals surface area (Å²) in [6.45, 7) is -0.420. The smallest absolute Gasteiger partial charge is 0.264 e. The van der Waals surface area contributed by atoms with Crippen molar-refractivity contribution in [2.75, 3.05) is 18.0 Å². The van der Waals surface area contributed by atoms with Gasteiger partial charge in [-0.1, -0.05) is 91.5 Å². The van der Waals surface area contributed by atoms with Crippen LogP contribution in [0.25, 0.3) is 0 Å². The van der Waals surface area contributed by atoms with Gasteiger partial charge in [-0.2, -0.15) is 0 Å². The molecule has 1 N–H and O–H groups in total. The number of benzene rings is 4. The lowest BCUT2D eigenvalue weighted by Crippen LogP contribution is -2.55. The monoisotopic (exact) mass is 673 g/mol. The summed E-state index contributed by atoms with van der Waals surface area (Å²) in [6.07, 6.45) is 5.27. The molecule has 1 fully saturated rings. The lowest BCUT2D eigenvalue weighted by atomic mass is 9.94. The molecule has 1 unspecified atom stereocenters. The van der Waals surface area contributed by atoms with E-state index in [0.717, 1.165) is 47.5 Å². The highest BCUT2D eigenvalue weighted by molar-refractivity contribution is 7.92. The van der Waals surface area contributed by atoms with Crippen LogP contribution >= 0.6 is 11.6 Å². The van der Waals surface area contributed by atoms with Gasteiger partial charge >= 0.3 is 0 Å². The first-order valence-corrected chi connectivity index (χ1v) is 17.7. The van der Waals surface area contributed by atoms with Gasteiger partial charge in [0, 0.05) is 24.0 Å². The molecule has 0 aromatic heterocycles. The van der Waals surface area contributed by atoms with Gasteiger partial charge in [-0.05, 0) is 72.5 Å². The molecule has 5 rings (SSSR count). The van der Waals surface area contributed by atoms with Crippen molar-refractivity contribution in [3.63, 3.8) is 0 Å². The Morgan fingerprint density at radius 3 is 2.02 bits per heavy atom. The molecule has 1 aliphatic carbocycles. The molecule has 0 heterocycles. The van der Waals surface area contributed by atoms with Gasteiger partial charge in [0.1, 0.15) is 18.3 Å². The van der Waals surface area contributed by atoms with Crippen molar-refractivity contribution >= 4 is 39.1 Å². The number of carbonyl (C=O) groups excluding carboxylic acids is 2. The molecule has 1 saturated carbocycles. The predicted octanol–water partition coefficient (Wildman–Crippen LogP) is 6.63. The second-order valence-corrected chi connectivity index (χ2v) is 14.0. The standard InChI is InChI=1S/C37H40ClN3O5S/c1-46-33-21-23-34(24-22-33)47(44,45)41(32-19-17-30(38)18-20-32)27-36(42)40(26-29-13-7-3-8-14-29)35(25-28-11-5-2-6-12-28)37(43)39-31-15-9-4-10-16-31/h2-3,5-8,11-14,17-24,31,35H,4,9-10,15-16,25-27H2,1H3,(H,39,43). The van der Waals surface area contributed by atoms with E-state index >= 15 is 0 Å². The molecule has 0 spiro atoms. The van der Waals surface area contributed by atoms with E-state index in [1.807, 2.05) is 60.7 Å². The average molecular weight is 674 g/mol. The number of sulfonamides is 1. The Hall–Kier alpha value is -4.34. The van der Waals surface area contributed by atoms with E-state index in [1.54, 1.807) is 36.4 Å². The first-order chi connectivity index (χ1) is 22.7. The Bertz CT molecular complexity index is 1710. The number of nitrogens with zero attached hydrogens (tertiary/aromatic N) is 2. The summed E-state index contributed by atoms with van der Waals surface area (Å²) in [7, 11) is -2.73. The number of anilines is 1. The van der Waals surface area contributed by atoms with Crippen LogP contribution in [0.2, 0.25) is 5.02 Å². The van der Waals surface area contributed by atoms with Crippen molar-refractivity contribution in [2.45, 2.75) is 62.0 Å². The minimum Gasteiger partial charge on any atom is -0.497 e. The van der Waals surface area contributed by atoms with E-state index in [0.29, 0.717) is 10.8 Å². The summed E-state index contributed by atoms with van der Waals surface area (Å²) in [5.74, 6) is -0.262. The average Bonchev–Trinajstić information content (AvgIpc) is 3.10. The maximum atomic E-state index is 14.6. The van der Waals surface area contributed by atoms with Crippen LogP contribution in [-0.2, 0) is 32.6 Å². The fraction of sp³-hybridized carbons (Fsp3) is 0.297. The van der Waals surface area contributed by atoms with Crippen molar-refractivity contribution in [1.82, 2.24) is 10.2 Å². The number of hydrogen-bond acceptors (Lipinski definition) is 5. The third kappa shape index (κ3) is 8.93. The van der Waals surface area contributed by atoms with Crippen LogP contribution in [0.5, 0.6) is 5.75 Å². The van der Waals surface area contributed by atoms with Crippen molar-refractivity contribution in [1.29, 1.82) is 0 Å². The van der Waals surface area contributed by atoms with E-state index in [1.165, 1.54) is 24.1 Å². The Kier molecular flexibility index (Phi) is 11.6. The number of rotatable bonds is 13. The number of hydrogen-bond donors (Lipinski definition) is 1. The number of halogens is 1. The highest BCUT2D eigenvalue weighted by Gasteiger charge is 2.35. The van der Waals surface area contributed by atoms with Crippen LogP contribution in [0, 0.1) is 0 Å². The Balaban J connectivity index is 1.54. The molecular formula is C37H40ClN3O5S. The zero-order valence-corrected chi connectivity index (χ0v) is 28.0. The molecule has 246 valence electrons. The first-order valence-electron chi connectivity index (χ1n) is 15.8. The van der Waals surface area contributed by atoms with Crippen molar-refractivity contribution in [2.24, 2.45) is 0 Å². The van der Waals surface area contributed by atoms with Crippen molar-refractivity contribution in [3.8, 4) is 5.75 Å². The second-order valence-electron chi connectivity index (χ2n) is 11.7. The third-order valence-electron chi connectivity index (χ3n) is 8.46. The minimum absolute atomic E-state index is 0.00784. The van der Waals surface area contributed by atoms with Crippen LogP contribution < -0.4 is 14.4 Å². The largest absolute Gasteiger partial charge is 0.497 e. The van der Waals surface area contributed by atoms with Gasteiger partial charge in [-0.15, -0.1) is 0 Å². The Morgan fingerprint density at radius 1 is 0.830 bits per heavy atom. The van der Waals surface area contributed by atoms with Crippen LogP contribution in [0.1, 0.15) is 43.2 Å². The second kappa shape index (κ2) is 16.0. The van der Waals surface area contributed by atoms with Crippen LogP contribution in [-0.4, -0.2) is 50.9 Å². The molecule has 4 aromatic carbocycles. The number of methoxy groups -OCH3 is 1. The number of amides is 2. The Morgan fingerprint density at radius 2 is 1.43 bits per heavy atom. The highest BCUT2D eigenvalue weighted by atomic mass is 35.5. The van der Waals surface area contributed by atoms with E-state index in [9.17, 15) is 18.0 Å². The summed E-state index contributed by atoms with van der Waals surface area (Å²) in [4.78, 5) is 30.3. The summed E-state index contributed by atoms with van der Waals surface area (Å²) in [6, 6.07) is 30.4. The SMILES string of the molecule is COc1ccc(S(=O)(=O)N(CC(=O)N(Cc2ccccc2)C(Cc2ccccc2)C(=O)NC2CCCCC2)c2ccc(Cl)cc2)cc1. The molecule has 0 bridgehead atoms. The molecule has 1 aliphatic rings. The fourth-order valence-electron chi connectivity index (χ4n) is 5.89. The van der Waals surface area contributed by atoms with Gasteiger partial charge in [-0.25, -0.2) is 8.42 Å². The maximum absolute atomic E-state index is 14.6. The molecule has 4 aromatic rings. The zero-order chi connectivity index (χ0) is 33.2. The van der Waals surface area contributed by atoms with Gasteiger partial charge in [0.2, 0.25) is 11.8 Å². The quantitative estimate of drug-likeness (QED) is 0.172. The van der Waals surface area contributed by atoms with E-state index in [-0.39, 0.29) is 35.5 Å². The van der Waals surface area contributed by atoms with Gasteiger partial charge in [0.15, 0.2) is 0 Å². The van der Waals surface area contributed by atoms with Crippen molar-refractivity contribution in [3.05, 3.63) is 125 Å². The number of nitrogens with one attached hydrogen (secondary N) is 1. The van der Waals surface area contributed by atoms with Crippen LogP contribution in [0.15, 0.2) is 114 Å². The molecule has 2 amide bonds. The molecule has 0 aliphatic heterocycles. The normalized spacial score (nSPS) is 14.2. The first kappa shape index (κ1) is 34.0. The molecule has 47 heavy (non-hydrogen) atoms. The minimum atomic E-state index is -4.23. The Labute approximate surface area is 282 Å². The number of ether oxygens (including phenoxy) is 1. The fourth-order valence-corrected chi connectivity index (χ4v) is 7.43. The molecule has 10 heteroatoms. The van der Waals surface area contributed by atoms with Crippen LogP contribution in [0.4, 0.5) is 5.69 Å². The van der Waals surface area contributed by atoms with E-state index in [2.05, 4.69) is 5.32 Å². The zero-order valence-electron chi connectivity index (χ0n) is 26.4. The maximum Gasteiger partial charge on any atom is 0.264 e. The lowest BCUT2D eigenvalue weighted by molar-refractivity contribution is -0.140. The summed E-state index contributed by atoms with van der Waals surface area (Å²) in [5, 5.41) is 3.65. The summed E-state index contributed by atoms with van der Waals surface area (Å²) >= 11 is 6.16. The predicted molar refractivity (Wildman–Crippen MR) is 185 cm³/mol. The number of carbonyl (C=O) groups is 2. The third-order valence-corrected chi connectivity index (χ3v) is 10.5. The molecule has 0 saturated heterocycles. The molecule has 1 atom stereocenters. The molecule has 0 radical (unpaired) electrons. The van der Waals surface area contributed by atoms with Gasteiger partial charge < -0.3 is 15.0 Å². The summed E-state index contributed by atoms with van der Waals surface area (Å²) in [5.41, 5.74) is 1.98. The molecular weight excluding hydrogens is 634 g/mol. The van der Waals surface area contributed by atoms with Gasteiger partial charge in [0.05, 0.1) is 17.7 Å². The molecule has 8 nitrogen and oxygen atoms in total. The van der Waals surface area contributed by atoms with Crippen LogP contribution in [0.3, 0.4) is 0 Å². The van der Waals surface area contributed by atoms with E-state index < -0.39 is 28.5 Å². The topological polar surface area (TPSA) is 96.0 Å². The van der Waals surface area contributed by atoms with Gasteiger partial charge in [0.25, 0.3) is 10.0 Å². The lowest BCUT2D eigenvalue weighted by Gasteiger charge is -2.35. The van der Waals surface area contributed by atoms with Crippen molar-refractivity contribution < 1.29 is 22.7 Å². The summed E-state index contributed by atoms with van der Waals surface area (Å²) < 4.78 is 34.7. The van der Waals surface area contributed by atoms with Gasteiger partial charge in [-0.3, -0.25) is 13.9 Å². The highest BCUT2D eigenvalue weighted by Crippen LogP contribution is 2.28.